The van der Waals surface area contributed by atoms with Gasteiger partial charge in [-0.25, -0.2) is 4.68 Å². The van der Waals surface area contributed by atoms with Crippen molar-refractivity contribution in [2.24, 2.45) is 5.41 Å². The maximum atomic E-state index is 5.51. The summed E-state index contributed by atoms with van der Waals surface area (Å²) in [4.78, 5) is 0. The van der Waals surface area contributed by atoms with Crippen LogP contribution in [-0.2, 0) is 11.2 Å². The highest BCUT2D eigenvalue weighted by Crippen LogP contribution is 2.42. The van der Waals surface area contributed by atoms with Crippen LogP contribution in [0.4, 0.5) is 0 Å². The van der Waals surface area contributed by atoms with E-state index >= 15 is 0 Å². The lowest BCUT2D eigenvalue weighted by Gasteiger charge is -2.38. The molecule has 26 heavy (non-hydrogen) atoms. The minimum atomic E-state index is 0.250. The van der Waals surface area contributed by atoms with E-state index < -0.39 is 0 Å². The standard InChI is InChI=1S/C21H29N3O2/c1-21(2)12-19(23-15-8-10-26-11-9-15)18-14-22-24(20(18)13-21)16-4-6-17(25-3)7-5-16/h4-7,14-15,19,23H,8-13H2,1-3H3/t19-/m1/s1. The van der Waals surface area contributed by atoms with Crippen molar-refractivity contribution in [2.75, 3.05) is 20.3 Å². The van der Waals surface area contributed by atoms with Gasteiger partial charge in [0.05, 0.1) is 19.0 Å². The van der Waals surface area contributed by atoms with Gasteiger partial charge in [-0.2, -0.15) is 5.10 Å². The van der Waals surface area contributed by atoms with Gasteiger partial charge in [0.25, 0.3) is 0 Å². The molecule has 1 aromatic carbocycles. The molecular formula is C21H29N3O2. The van der Waals surface area contributed by atoms with Crippen molar-refractivity contribution in [3.63, 3.8) is 0 Å². The molecule has 1 aromatic heterocycles. The van der Waals surface area contributed by atoms with Crippen LogP contribution in [0.15, 0.2) is 30.5 Å². The monoisotopic (exact) mass is 355 g/mol. The van der Waals surface area contributed by atoms with Crippen LogP contribution in [0, 0.1) is 5.41 Å². The van der Waals surface area contributed by atoms with Gasteiger partial charge in [-0.3, -0.25) is 0 Å². The van der Waals surface area contributed by atoms with Crippen molar-refractivity contribution in [3.8, 4) is 11.4 Å². The zero-order valence-electron chi connectivity index (χ0n) is 16.0. The number of ether oxygens (including phenoxy) is 2. The molecule has 5 heteroatoms. The molecule has 5 nitrogen and oxygen atoms in total. The Morgan fingerprint density at radius 1 is 1.19 bits per heavy atom. The zero-order valence-corrected chi connectivity index (χ0v) is 16.0. The minimum absolute atomic E-state index is 0.250. The lowest BCUT2D eigenvalue weighted by atomic mass is 9.74. The first-order chi connectivity index (χ1) is 12.6. The molecule has 0 spiro atoms. The summed E-state index contributed by atoms with van der Waals surface area (Å²) in [7, 11) is 1.69. The second kappa shape index (κ2) is 7.05. The Hall–Kier alpha value is -1.85. The molecular weight excluding hydrogens is 326 g/mol. The topological polar surface area (TPSA) is 48.3 Å². The number of methoxy groups -OCH3 is 1. The Labute approximate surface area is 155 Å². The van der Waals surface area contributed by atoms with Gasteiger partial charge < -0.3 is 14.8 Å². The highest BCUT2D eigenvalue weighted by atomic mass is 16.5. The summed E-state index contributed by atoms with van der Waals surface area (Å²) in [5.41, 5.74) is 4.03. The summed E-state index contributed by atoms with van der Waals surface area (Å²) in [6.45, 7) is 6.46. The largest absolute Gasteiger partial charge is 0.497 e. The molecule has 2 heterocycles. The summed E-state index contributed by atoms with van der Waals surface area (Å²) < 4.78 is 12.9. The molecule has 1 saturated heterocycles. The summed E-state index contributed by atoms with van der Waals surface area (Å²) in [6, 6.07) is 9.05. The minimum Gasteiger partial charge on any atom is -0.497 e. The van der Waals surface area contributed by atoms with Crippen LogP contribution >= 0.6 is 0 Å². The molecule has 1 aliphatic carbocycles. The Bertz CT molecular complexity index is 745. The van der Waals surface area contributed by atoms with Crippen LogP contribution in [-0.4, -0.2) is 36.1 Å². The number of rotatable bonds is 4. The first-order valence-corrected chi connectivity index (χ1v) is 9.61. The quantitative estimate of drug-likeness (QED) is 0.909. The van der Waals surface area contributed by atoms with Gasteiger partial charge in [-0.1, -0.05) is 13.8 Å². The molecule has 0 radical (unpaired) electrons. The predicted molar refractivity (Wildman–Crippen MR) is 102 cm³/mol. The van der Waals surface area contributed by atoms with Gasteiger partial charge in [0, 0.05) is 36.6 Å². The molecule has 140 valence electrons. The third kappa shape index (κ3) is 3.51. The molecule has 0 saturated carbocycles. The van der Waals surface area contributed by atoms with Gasteiger partial charge in [0.15, 0.2) is 0 Å². The van der Waals surface area contributed by atoms with Gasteiger partial charge in [-0.05, 0) is 55.4 Å². The van der Waals surface area contributed by atoms with E-state index in [1.165, 1.54) is 11.3 Å². The van der Waals surface area contributed by atoms with Crippen LogP contribution in [0.1, 0.15) is 50.4 Å². The molecule has 0 amide bonds. The van der Waals surface area contributed by atoms with E-state index in [1.807, 2.05) is 12.1 Å². The van der Waals surface area contributed by atoms with Crippen molar-refractivity contribution in [1.82, 2.24) is 15.1 Å². The van der Waals surface area contributed by atoms with Crippen LogP contribution in [0.3, 0.4) is 0 Å². The van der Waals surface area contributed by atoms with Gasteiger partial charge in [0.1, 0.15) is 5.75 Å². The van der Waals surface area contributed by atoms with Gasteiger partial charge >= 0.3 is 0 Å². The summed E-state index contributed by atoms with van der Waals surface area (Å²) in [5.74, 6) is 0.870. The number of benzene rings is 1. The first-order valence-electron chi connectivity index (χ1n) is 9.61. The lowest BCUT2D eigenvalue weighted by Crippen LogP contribution is -2.41. The van der Waals surface area contributed by atoms with Crippen molar-refractivity contribution in [2.45, 2.75) is 51.6 Å². The van der Waals surface area contributed by atoms with E-state index in [0.29, 0.717) is 12.1 Å². The fraction of sp³-hybridized carbons (Fsp3) is 0.571. The van der Waals surface area contributed by atoms with Crippen molar-refractivity contribution in [3.05, 3.63) is 41.7 Å². The second-order valence-corrected chi connectivity index (χ2v) is 8.31. The molecule has 2 aromatic rings. The van der Waals surface area contributed by atoms with Gasteiger partial charge in [-0.15, -0.1) is 0 Å². The molecule has 1 atom stereocenters. The van der Waals surface area contributed by atoms with E-state index in [-0.39, 0.29) is 5.41 Å². The van der Waals surface area contributed by atoms with Crippen LogP contribution in [0.2, 0.25) is 0 Å². The Kier molecular flexibility index (Phi) is 4.76. The Morgan fingerprint density at radius 3 is 2.62 bits per heavy atom. The molecule has 2 aliphatic rings. The number of nitrogens with one attached hydrogen (secondary N) is 1. The molecule has 1 N–H and O–H groups in total. The molecule has 1 fully saturated rings. The van der Waals surface area contributed by atoms with Crippen LogP contribution in [0.25, 0.3) is 5.69 Å². The third-order valence-corrected chi connectivity index (χ3v) is 5.65. The smallest absolute Gasteiger partial charge is 0.119 e. The highest BCUT2D eigenvalue weighted by molar-refractivity contribution is 5.41. The molecule has 0 unspecified atom stereocenters. The van der Waals surface area contributed by atoms with E-state index in [4.69, 9.17) is 14.6 Å². The third-order valence-electron chi connectivity index (χ3n) is 5.65. The van der Waals surface area contributed by atoms with Crippen LogP contribution in [0.5, 0.6) is 5.75 Å². The number of nitrogens with zero attached hydrogens (tertiary/aromatic N) is 2. The van der Waals surface area contributed by atoms with E-state index in [0.717, 1.165) is 50.3 Å². The van der Waals surface area contributed by atoms with E-state index in [2.05, 4.69) is 42.2 Å². The summed E-state index contributed by atoms with van der Waals surface area (Å²) >= 11 is 0. The highest BCUT2D eigenvalue weighted by Gasteiger charge is 2.36. The fourth-order valence-electron chi connectivity index (χ4n) is 4.29. The number of hydrogen-bond acceptors (Lipinski definition) is 4. The average molecular weight is 355 g/mol. The van der Waals surface area contributed by atoms with Crippen molar-refractivity contribution < 1.29 is 9.47 Å². The number of aromatic nitrogens is 2. The zero-order chi connectivity index (χ0) is 18.1. The van der Waals surface area contributed by atoms with E-state index in [1.54, 1.807) is 7.11 Å². The molecule has 4 rings (SSSR count). The average Bonchev–Trinajstić information content (AvgIpc) is 3.05. The molecule has 0 bridgehead atoms. The van der Waals surface area contributed by atoms with Crippen molar-refractivity contribution in [1.29, 1.82) is 0 Å². The Balaban J connectivity index is 1.64. The Morgan fingerprint density at radius 2 is 1.92 bits per heavy atom. The van der Waals surface area contributed by atoms with E-state index in [9.17, 15) is 0 Å². The molecule has 1 aliphatic heterocycles. The first kappa shape index (κ1) is 17.6. The summed E-state index contributed by atoms with van der Waals surface area (Å²) in [6.07, 6.45) is 6.44. The number of fused-ring (bicyclic) bond motifs is 1. The normalized spacial score (nSPS) is 22.8. The van der Waals surface area contributed by atoms with Crippen molar-refractivity contribution >= 4 is 0 Å². The van der Waals surface area contributed by atoms with Gasteiger partial charge in [0.2, 0.25) is 0 Å². The number of hydrogen-bond donors (Lipinski definition) is 1. The SMILES string of the molecule is COc1ccc(-n2ncc3c2CC(C)(C)C[C@H]3NC2CCOCC2)cc1. The van der Waals surface area contributed by atoms with Crippen LogP contribution < -0.4 is 10.1 Å². The second-order valence-electron chi connectivity index (χ2n) is 8.31. The fourth-order valence-corrected chi connectivity index (χ4v) is 4.29. The predicted octanol–water partition coefficient (Wildman–Crippen LogP) is 3.66. The lowest BCUT2D eigenvalue weighted by molar-refractivity contribution is 0.0717. The maximum Gasteiger partial charge on any atom is 0.119 e. The maximum absolute atomic E-state index is 5.51. The summed E-state index contributed by atoms with van der Waals surface area (Å²) in [5, 5.41) is 8.64.